The van der Waals surface area contributed by atoms with Gasteiger partial charge < -0.3 is 15.1 Å². The lowest BCUT2D eigenvalue weighted by atomic mass is 10.1. The summed E-state index contributed by atoms with van der Waals surface area (Å²) < 4.78 is 44.2. The van der Waals surface area contributed by atoms with Crippen molar-refractivity contribution in [1.29, 1.82) is 0 Å². The van der Waals surface area contributed by atoms with Crippen LogP contribution in [0.5, 0.6) is 0 Å². The molecule has 0 saturated heterocycles. The molecule has 3 rings (SSSR count). The van der Waals surface area contributed by atoms with E-state index in [-0.39, 0.29) is 39.7 Å². The molecule has 0 spiro atoms. The van der Waals surface area contributed by atoms with E-state index in [9.17, 15) is 22.8 Å². The maximum Gasteiger partial charge on any atom is 0.416 e. The van der Waals surface area contributed by atoms with Crippen LogP contribution in [0.4, 0.5) is 18.9 Å². The summed E-state index contributed by atoms with van der Waals surface area (Å²) in [4.78, 5) is 24.7. The Morgan fingerprint density at radius 1 is 1.00 bits per heavy atom. The predicted octanol–water partition coefficient (Wildman–Crippen LogP) is 6.01. The number of carbonyl (C=O) groups excluding carboxylic acids is 2. The molecule has 2 aromatic carbocycles. The fourth-order valence-electron chi connectivity index (χ4n) is 2.76. The Morgan fingerprint density at radius 3 is 2.42 bits per heavy atom. The first-order chi connectivity index (χ1) is 14.5. The van der Waals surface area contributed by atoms with Crippen molar-refractivity contribution < 1.29 is 27.2 Å². The van der Waals surface area contributed by atoms with E-state index < -0.39 is 17.6 Å². The van der Waals surface area contributed by atoms with Crippen molar-refractivity contribution in [2.24, 2.45) is 0 Å². The highest BCUT2D eigenvalue weighted by Gasteiger charge is 2.30. The molecular formula is C22H18ClF3N2O3. The number of anilines is 1. The molecule has 3 aromatic rings. The van der Waals surface area contributed by atoms with Crippen LogP contribution in [0.3, 0.4) is 0 Å². The van der Waals surface area contributed by atoms with Gasteiger partial charge in [0.2, 0.25) is 0 Å². The predicted molar refractivity (Wildman–Crippen MR) is 111 cm³/mol. The smallest absolute Gasteiger partial charge is 0.416 e. The Kier molecular flexibility index (Phi) is 6.40. The molecule has 0 fully saturated rings. The quantitative estimate of drug-likeness (QED) is 0.500. The number of carbonyl (C=O) groups is 2. The van der Waals surface area contributed by atoms with E-state index in [1.54, 1.807) is 0 Å². The average molecular weight is 451 g/mol. The van der Waals surface area contributed by atoms with Gasteiger partial charge in [0.25, 0.3) is 11.8 Å². The van der Waals surface area contributed by atoms with Gasteiger partial charge in [0, 0.05) is 17.2 Å². The monoisotopic (exact) mass is 450 g/mol. The minimum atomic E-state index is -4.49. The molecule has 9 heteroatoms. The van der Waals surface area contributed by atoms with E-state index in [1.165, 1.54) is 42.5 Å². The van der Waals surface area contributed by atoms with Gasteiger partial charge in [-0.25, -0.2) is 0 Å². The SMILES string of the molecule is CC(C)NC(=O)c1ccc(Cl)c(NC(=O)c2ccc(-c3cccc(C(F)(F)F)c3)o2)c1. The van der Waals surface area contributed by atoms with E-state index in [1.807, 2.05) is 13.8 Å². The largest absolute Gasteiger partial charge is 0.451 e. The van der Waals surface area contributed by atoms with Crippen LogP contribution in [-0.2, 0) is 6.18 Å². The van der Waals surface area contributed by atoms with Crippen LogP contribution in [0, 0.1) is 0 Å². The van der Waals surface area contributed by atoms with E-state index in [0.717, 1.165) is 12.1 Å². The number of alkyl halides is 3. The number of rotatable bonds is 5. The summed E-state index contributed by atoms with van der Waals surface area (Å²) >= 11 is 6.12. The molecule has 0 radical (unpaired) electrons. The molecule has 0 aliphatic heterocycles. The molecule has 162 valence electrons. The van der Waals surface area contributed by atoms with Gasteiger partial charge in [0.15, 0.2) is 5.76 Å². The Bertz CT molecular complexity index is 1120. The van der Waals surface area contributed by atoms with Crippen LogP contribution < -0.4 is 10.6 Å². The summed E-state index contributed by atoms with van der Waals surface area (Å²) in [6.07, 6.45) is -4.49. The first kappa shape index (κ1) is 22.4. The summed E-state index contributed by atoms with van der Waals surface area (Å²) in [7, 11) is 0. The van der Waals surface area contributed by atoms with Gasteiger partial charge in [-0.2, -0.15) is 13.2 Å². The van der Waals surface area contributed by atoms with Crippen LogP contribution in [0.15, 0.2) is 59.0 Å². The van der Waals surface area contributed by atoms with Crippen molar-refractivity contribution in [2.45, 2.75) is 26.1 Å². The molecular weight excluding hydrogens is 433 g/mol. The zero-order valence-electron chi connectivity index (χ0n) is 16.5. The van der Waals surface area contributed by atoms with Crippen LogP contribution in [-0.4, -0.2) is 17.9 Å². The van der Waals surface area contributed by atoms with Gasteiger partial charge in [-0.3, -0.25) is 9.59 Å². The molecule has 0 atom stereocenters. The maximum atomic E-state index is 12.9. The van der Waals surface area contributed by atoms with E-state index in [2.05, 4.69) is 10.6 Å². The summed E-state index contributed by atoms with van der Waals surface area (Å²) in [6.45, 7) is 3.63. The Balaban J connectivity index is 1.80. The normalized spacial score (nSPS) is 11.5. The third-order valence-electron chi connectivity index (χ3n) is 4.20. The highest BCUT2D eigenvalue weighted by Crippen LogP contribution is 2.33. The molecule has 0 aliphatic rings. The third kappa shape index (κ3) is 5.46. The van der Waals surface area contributed by atoms with E-state index in [4.69, 9.17) is 16.0 Å². The van der Waals surface area contributed by atoms with Crippen LogP contribution in [0.25, 0.3) is 11.3 Å². The first-order valence-electron chi connectivity index (χ1n) is 9.24. The topological polar surface area (TPSA) is 71.3 Å². The van der Waals surface area contributed by atoms with Crippen molar-refractivity contribution in [3.63, 3.8) is 0 Å². The Hall–Kier alpha value is -3.26. The number of hydrogen-bond donors (Lipinski definition) is 2. The number of hydrogen-bond acceptors (Lipinski definition) is 3. The Labute approximate surface area is 181 Å². The van der Waals surface area contributed by atoms with E-state index in [0.29, 0.717) is 5.56 Å². The van der Waals surface area contributed by atoms with Crippen molar-refractivity contribution in [3.05, 3.63) is 76.5 Å². The number of nitrogens with one attached hydrogen (secondary N) is 2. The van der Waals surface area contributed by atoms with Gasteiger partial charge >= 0.3 is 6.18 Å². The van der Waals surface area contributed by atoms with Gasteiger partial charge in [-0.15, -0.1) is 0 Å². The summed E-state index contributed by atoms with van der Waals surface area (Å²) in [5, 5.41) is 5.49. The molecule has 0 bridgehead atoms. The van der Waals surface area contributed by atoms with Gasteiger partial charge in [-0.1, -0.05) is 23.7 Å². The maximum absolute atomic E-state index is 12.9. The fourth-order valence-corrected chi connectivity index (χ4v) is 2.92. The van der Waals surface area contributed by atoms with Crippen LogP contribution in [0.1, 0.15) is 40.3 Å². The molecule has 0 unspecified atom stereocenters. The highest BCUT2D eigenvalue weighted by atomic mass is 35.5. The fraction of sp³-hybridized carbons (Fsp3) is 0.182. The standard InChI is InChI=1S/C22H18ClF3N2O3/c1-12(2)27-20(29)14-6-7-16(23)17(11-14)28-21(30)19-9-8-18(31-19)13-4-3-5-15(10-13)22(24,25)26/h3-12H,1-2H3,(H,27,29)(H,28,30). The average Bonchev–Trinajstić information content (AvgIpc) is 3.19. The number of furan rings is 1. The first-order valence-corrected chi connectivity index (χ1v) is 9.61. The molecule has 31 heavy (non-hydrogen) atoms. The zero-order valence-corrected chi connectivity index (χ0v) is 17.3. The number of halogens is 4. The zero-order chi connectivity index (χ0) is 22.8. The Morgan fingerprint density at radius 2 is 1.74 bits per heavy atom. The molecule has 1 heterocycles. The lowest BCUT2D eigenvalue weighted by Gasteiger charge is -2.11. The summed E-state index contributed by atoms with van der Waals surface area (Å²) in [5.41, 5.74) is -0.146. The molecule has 0 saturated carbocycles. The van der Waals surface area contributed by atoms with Gasteiger partial charge in [0.05, 0.1) is 16.3 Å². The second kappa shape index (κ2) is 8.85. The second-order valence-corrected chi connectivity index (χ2v) is 7.43. The third-order valence-corrected chi connectivity index (χ3v) is 4.53. The molecule has 5 nitrogen and oxygen atoms in total. The number of amides is 2. The second-order valence-electron chi connectivity index (χ2n) is 7.02. The number of benzene rings is 2. The van der Waals surface area contributed by atoms with Crippen molar-refractivity contribution in [2.75, 3.05) is 5.32 Å². The van der Waals surface area contributed by atoms with Crippen molar-refractivity contribution in [1.82, 2.24) is 5.32 Å². The highest BCUT2D eigenvalue weighted by molar-refractivity contribution is 6.34. The van der Waals surface area contributed by atoms with Gasteiger partial charge in [-0.05, 0) is 56.3 Å². The van der Waals surface area contributed by atoms with Crippen LogP contribution >= 0.6 is 11.6 Å². The van der Waals surface area contributed by atoms with E-state index >= 15 is 0 Å². The van der Waals surface area contributed by atoms with Gasteiger partial charge in [0.1, 0.15) is 5.76 Å². The molecule has 1 aromatic heterocycles. The van der Waals surface area contributed by atoms with Crippen molar-refractivity contribution >= 4 is 29.1 Å². The minimum Gasteiger partial charge on any atom is -0.451 e. The molecule has 0 aliphatic carbocycles. The lowest BCUT2D eigenvalue weighted by Crippen LogP contribution is -2.30. The van der Waals surface area contributed by atoms with Crippen LogP contribution in [0.2, 0.25) is 5.02 Å². The molecule has 2 amide bonds. The van der Waals surface area contributed by atoms with Crippen molar-refractivity contribution in [3.8, 4) is 11.3 Å². The molecule has 2 N–H and O–H groups in total. The minimum absolute atomic E-state index is 0.0707. The summed E-state index contributed by atoms with van der Waals surface area (Å²) in [6, 6.07) is 11.7. The lowest BCUT2D eigenvalue weighted by molar-refractivity contribution is -0.137. The summed E-state index contributed by atoms with van der Waals surface area (Å²) in [5.74, 6) is -1.01.